The van der Waals surface area contributed by atoms with Crippen LogP contribution in [0.3, 0.4) is 0 Å². The van der Waals surface area contributed by atoms with Gasteiger partial charge in [0.1, 0.15) is 0 Å². The molecule has 0 aromatic heterocycles. The Morgan fingerprint density at radius 3 is 2.24 bits per heavy atom. The molecule has 2 unspecified atom stereocenters. The molecule has 0 aliphatic carbocycles. The molecule has 2 saturated heterocycles. The Labute approximate surface area is 141 Å². The van der Waals surface area contributed by atoms with Gasteiger partial charge >= 0.3 is 0 Å². The number of carbonyl (C=O) groups excluding carboxylic acids is 1. The first-order valence-electron chi connectivity index (χ1n) is 7.86. The maximum Gasteiger partial charge on any atom is 0.240 e. The van der Waals surface area contributed by atoms with Crippen molar-refractivity contribution in [2.24, 2.45) is 17.6 Å². The lowest BCUT2D eigenvalue weighted by molar-refractivity contribution is -0.138. The molecule has 0 aromatic carbocycles. The van der Waals surface area contributed by atoms with Crippen molar-refractivity contribution in [3.8, 4) is 0 Å². The van der Waals surface area contributed by atoms with Gasteiger partial charge in [0.25, 0.3) is 0 Å². The van der Waals surface area contributed by atoms with Crippen LogP contribution < -0.4 is 5.73 Å². The lowest BCUT2D eigenvalue weighted by Crippen LogP contribution is -2.52. The van der Waals surface area contributed by atoms with Gasteiger partial charge in [0, 0.05) is 13.1 Å². The molecule has 2 aliphatic rings. The van der Waals surface area contributed by atoms with Gasteiger partial charge in [0.2, 0.25) is 5.91 Å². The molecular weight excluding hydrogens is 309 g/mol. The van der Waals surface area contributed by atoms with Crippen LogP contribution in [0.25, 0.3) is 0 Å². The summed E-state index contributed by atoms with van der Waals surface area (Å²) in [5.41, 5.74) is 5.73. The molecule has 126 valence electrons. The highest BCUT2D eigenvalue weighted by Crippen LogP contribution is 2.23. The van der Waals surface area contributed by atoms with Crippen molar-refractivity contribution in [2.45, 2.75) is 45.6 Å². The number of amides is 1. The molecule has 6 heteroatoms. The maximum atomic E-state index is 12.8. The molecule has 1 amide bonds. The lowest BCUT2D eigenvalue weighted by Gasteiger charge is -2.37. The van der Waals surface area contributed by atoms with Gasteiger partial charge < -0.3 is 10.6 Å². The number of carbonyl (C=O) groups is 1. The monoisotopic (exact) mass is 339 g/mol. The lowest BCUT2D eigenvalue weighted by atomic mass is 9.98. The minimum atomic E-state index is 0. The second-order valence-electron chi connectivity index (χ2n) is 6.46. The standard InChI is InChI=1S/C15H29N3O.2ClH/c1-12(2)14(17-7-4-3-5-8-17)15(19)18-9-6-13(10-16)11-18;;/h12-14H,3-11,16H2,1-2H3;2*1H. The van der Waals surface area contributed by atoms with E-state index in [1.165, 1.54) is 19.3 Å². The van der Waals surface area contributed by atoms with Crippen LogP contribution in [-0.2, 0) is 4.79 Å². The van der Waals surface area contributed by atoms with E-state index in [-0.39, 0.29) is 30.9 Å². The quantitative estimate of drug-likeness (QED) is 0.853. The van der Waals surface area contributed by atoms with Gasteiger partial charge in [-0.15, -0.1) is 24.8 Å². The highest BCUT2D eigenvalue weighted by Gasteiger charge is 2.35. The Bertz CT molecular complexity index is 309. The van der Waals surface area contributed by atoms with E-state index in [4.69, 9.17) is 5.73 Å². The molecule has 2 aliphatic heterocycles. The van der Waals surface area contributed by atoms with Crippen LogP contribution in [0.5, 0.6) is 0 Å². The number of rotatable bonds is 4. The molecule has 0 bridgehead atoms. The largest absolute Gasteiger partial charge is 0.341 e. The number of hydrogen-bond donors (Lipinski definition) is 1. The fraction of sp³-hybridized carbons (Fsp3) is 0.933. The van der Waals surface area contributed by atoms with Crippen LogP contribution in [0, 0.1) is 11.8 Å². The van der Waals surface area contributed by atoms with E-state index in [0.29, 0.717) is 24.3 Å². The van der Waals surface area contributed by atoms with Gasteiger partial charge in [-0.3, -0.25) is 9.69 Å². The number of likely N-dealkylation sites (tertiary alicyclic amines) is 2. The Morgan fingerprint density at radius 2 is 1.76 bits per heavy atom. The molecule has 2 heterocycles. The number of nitrogens with two attached hydrogens (primary N) is 1. The first-order chi connectivity index (χ1) is 9.13. The molecule has 4 nitrogen and oxygen atoms in total. The second-order valence-corrected chi connectivity index (χ2v) is 6.46. The van der Waals surface area contributed by atoms with Crippen LogP contribution in [0.15, 0.2) is 0 Å². The molecular formula is C15H31Cl2N3O. The summed E-state index contributed by atoms with van der Waals surface area (Å²) in [4.78, 5) is 17.3. The van der Waals surface area contributed by atoms with Gasteiger partial charge in [-0.25, -0.2) is 0 Å². The summed E-state index contributed by atoms with van der Waals surface area (Å²) in [6, 6.07) is 0.0804. The fourth-order valence-corrected chi connectivity index (χ4v) is 3.47. The van der Waals surface area contributed by atoms with Crippen molar-refractivity contribution in [3.63, 3.8) is 0 Å². The Kier molecular flexibility index (Phi) is 9.87. The Hall–Kier alpha value is -0.0300. The summed E-state index contributed by atoms with van der Waals surface area (Å²) in [6.45, 7) is 9.00. The average molecular weight is 340 g/mol. The smallest absolute Gasteiger partial charge is 0.240 e. The highest BCUT2D eigenvalue weighted by atomic mass is 35.5. The molecule has 2 N–H and O–H groups in total. The van der Waals surface area contributed by atoms with Crippen LogP contribution in [0.2, 0.25) is 0 Å². The van der Waals surface area contributed by atoms with Crippen molar-refractivity contribution >= 4 is 30.7 Å². The van der Waals surface area contributed by atoms with Crippen molar-refractivity contribution in [1.29, 1.82) is 0 Å². The van der Waals surface area contributed by atoms with Gasteiger partial charge in [-0.05, 0) is 50.7 Å². The first kappa shape index (κ1) is 21.0. The van der Waals surface area contributed by atoms with Crippen molar-refractivity contribution in [1.82, 2.24) is 9.80 Å². The van der Waals surface area contributed by atoms with Crippen molar-refractivity contribution < 1.29 is 4.79 Å². The molecule has 0 radical (unpaired) electrons. The number of nitrogens with zero attached hydrogens (tertiary/aromatic N) is 2. The molecule has 21 heavy (non-hydrogen) atoms. The third-order valence-electron chi connectivity index (χ3n) is 4.60. The summed E-state index contributed by atoms with van der Waals surface area (Å²) >= 11 is 0. The average Bonchev–Trinajstić information content (AvgIpc) is 2.88. The zero-order chi connectivity index (χ0) is 13.8. The zero-order valence-corrected chi connectivity index (χ0v) is 14.9. The Morgan fingerprint density at radius 1 is 1.14 bits per heavy atom. The van der Waals surface area contributed by atoms with E-state index >= 15 is 0 Å². The van der Waals surface area contributed by atoms with Gasteiger partial charge in [0.15, 0.2) is 0 Å². The van der Waals surface area contributed by atoms with Crippen LogP contribution >= 0.6 is 24.8 Å². The Balaban J connectivity index is 0.00000200. The summed E-state index contributed by atoms with van der Waals surface area (Å²) < 4.78 is 0. The molecule has 0 spiro atoms. The van der Waals surface area contributed by atoms with Gasteiger partial charge in [-0.1, -0.05) is 20.3 Å². The first-order valence-corrected chi connectivity index (χ1v) is 7.86. The summed E-state index contributed by atoms with van der Waals surface area (Å²) in [6.07, 6.45) is 4.87. The summed E-state index contributed by atoms with van der Waals surface area (Å²) in [5.74, 6) is 1.24. The van der Waals surface area contributed by atoms with E-state index in [1.54, 1.807) is 0 Å². The van der Waals surface area contributed by atoms with Crippen LogP contribution in [0.1, 0.15) is 39.5 Å². The molecule has 2 fully saturated rings. The number of piperidine rings is 1. The molecule has 0 aromatic rings. The second kappa shape index (κ2) is 9.88. The van der Waals surface area contributed by atoms with E-state index in [1.807, 2.05) is 0 Å². The topological polar surface area (TPSA) is 49.6 Å². The molecule has 0 saturated carbocycles. The zero-order valence-electron chi connectivity index (χ0n) is 13.3. The SMILES string of the molecule is CC(C)C(C(=O)N1CCC(CN)C1)N1CCCCC1.Cl.Cl. The maximum absolute atomic E-state index is 12.8. The minimum Gasteiger partial charge on any atom is -0.341 e. The fourth-order valence-electron chi connectivity index (χ4n) is 3.47. The van der Waals surface area contributed by atoms with Gasteiger partial charge in [0.05, 0.1) is 6.04 Å². The summed E-state index contributed by atoms with van der Waals surface area (Å²) in [5, 5.41) is 0. The molecule has 2 rings (SSSR count). The number of hydrogen-bond acceptors (Lipinski definition) is 3. The van der Waals surface area contributed by atoms with Crippen LogP contribution in [0.4, 0.5) is 0 Å². The number of halogens is 2. The third kappa shape index (κ3) is 5.27. The third-order valence-corrected chi connectivity index (χ3v) is 4.60. The van der Waals surface area contributed by atoms with E-state index in [2.05, 4.69) is 23.6 Å². The van der Waals surface area contributed by atoms with Crippen LogP contribution in [-0.4, -0.2) is 54.5 Å². The highest BCUT2D eigenvalue weighted by molar-refractivity contribution is 5.85. The van der Waals surface area contributed by atoms with Crippen molar-refractivity contribution in [2.75, 3.05) is 32.7 Å². The predicted molar refractivity (Wildman–Crippen MR) is 92.3 cm³/mol. The molecule has 2 atom stereocenters. The minimum absolute atomic E-state index is 0. The summed E-state index contributed by atoms with van der Waals surface area (Å²) in [7, 11) is 0. The van der Waals surface area contributed by atoms with E-state index in [0.717, 1.165) is 32.6 Å². The van der Waals surface area contributed by atoms with Gasteiger partial charge in [-0.2, -0.15) is 0 Å². The van der Waals surface area contributed by atoms with E-state index in [9.17, 15) is 4.79 Å². The van der Waals surface area contributed by atoms with E-state index < -0.39 is 0 Å². The normalized spacial score (nSPS) is 24.4. The predicted octanol–water partition coefficient (Wildman–Crippen LogP) is 2.15. The van der Waals surface area contributed by atoms with Crippen molar-refractivity contribution in [3.05, 3.63) is 0 Å².